The van der Waals surface area contributed by atoms with E-state index in [4.69, 9.17) is 16.7 Å². The molecule has 6 nitrogen and oxygen atoms in total. The van der Waals surface area contributed by atoms with Crippen molar-refractivity contribution in [3.05, 3.63) is 28.2 Å². The SMILES string of the molecule is N#CC1CCN(c2cc(Cl)c(F)c3[nH]c4c(c23)CN(C(=O)CO)CC4)C1. The van der Waals surface area contributed by atoms with Crippen LogP contribution in [0.2, 0.25) is 5.02 Å². The molecule has 2 aliphatic rings. The summed E-state index contributed by atoms with van der Waals surface area (Å²) in [5, 5.41) is 19.1. The molecule has 0 saturated carbocycles. The van der Waals surface area contributed by atoms with Crippen molar-refractivity contribution in [2.45, 2.75) is 19.4 Å². The maximum atomic E-state index is 14.7. The molecule has 2 aromatic rings. The van der Waals surface area contributed by atoms with Crippen LogP contribution in [-0.4, -0.2) is 47.1 Å². The van der Waals surface area contributed by atoms with Crippen molar-refractivity contribution >= 4 is 34.1 Å². The lowest BCUT2D eigenvalue weighted by atomic mass is 10.0. The Kier molecular flexibility index (Phi) is 4.25. The number of aromatic amines is 1. The molecule has 1 atom stereocenters. The van der Waals surface area contributed by atoms with Crippen molar-refractivity contribution in [2.24, 2.45) is 5.92 Å². The number of anilines is 1. The van der Waals surface area contributed by atoms with Crippen LogP contribution < -0.4 is 4.90 Å². The Morgan fingerprint density at radius 1 is 1.50 bits per heavy atom. The molecule has 2 N–H and O–H groups in total. The quantitative estimate of drug-likeness (QED) is 0.841. The van der Waals surface area contributed by atoms with E-state index in [9.17, 15) is 14.4 Å². The van der Waals surface area contributed by atoms with Gasteiger partial charge in [0.15, 0.2) is 5.82 Å². The van der Waals surface area contributed by atoms with E-state index in [2.05, 4.69) is 16.0 Å². The van der Waals surface area contributed by atoms with Gasteiger partial charge in [0.1, 0.15) is 6.61 Å². The van der Waals surface area contributed by atoms with E-state index in [1.54, 1.807) is 11.0 Å². The summed E-state index contributed by atoms with van der Waals surface area (Å²) in [7, 11) is 0. The summed E-state index contributed by atoms with van der Waals surface area (Å²) in [6, 6.07) is 3.90. The van der Waals surface area contributed by atoms with Gasteiger partial charge in [0, 0.05) is 54.9 Å². The number of rotatable bonds is 2. The van der Waals surface area contributed by atoms with Gasteiger partial charge in [0.25, 0.3) is 0 Å². The van der Waals surface area contributed by atoms with Crippen LogP contribution in [0.5, 0.6) is 0 Å². The molecule has 2 aliphatic heterocycles. The largest absolute Gasteiger partial charge is 0.387 e. The molecule has 0 spiro atoms. The van der Waals surface area contributed by atoms with Gasteiger partial charge < -0.3 is 19.9 Å². The minimum Gasteiger partial charge on any atom is -0.387 e. The normalized spacial score (nSPS) is 19.7. The highest BCUT2D eigenvalue weighted by molar-refractivity contribution is 6.32. The van der Waals surface area contributed by atoms with Crippen molar-refractivity contribution < 1.29 is 14.3 Å². The van der Waals surface area contributed by atoms with Crippen LogP contribution in [0, 0.1) is 23.1 Å². The van der Waals surface area contributed by atoms with Crippen molar-refractivity contribution in [1.82, 2.24) is 9.88 Å². The monoisotopic (exact) mass is 376 g/mol. The first kappa shape index (κ1) is 17.1. The summed E-state index contributed by atoms with van der Waals surface area (Å²) < 4.78 is 14.7. The number of benzene rings is 1. The molecular formula is C18H18ClFN4O2. The molecule has 0 aliphatic carbocycles. The van der Waals surface area contributed by atoms with E-state index in [1.807, 2.05) is 0 Å². The maximum absolute atomic E-state index is 14.7. The summed E-state index contributed by atoms with van der Waals surface area (Å²) >= 11 is 6.12. The topological polar surface area (TPSA) is 83.4 Å². The number of aliphatic hydroxyl groups is 1. The molecule has 0 bridgehead atoms. The van der Waals surface area contributed by atoms with Crippen molar-refractivity contribution in [3.63, 3.8) is 0 Å². The number of aliphatic hydroxyl groups excluding tert-OH is 1. The van der Waals surface area contributed by atoms with E-state index in [0.717, 1.165) is 28.8 Å². The Bertz CT molecular complexity index is 936. The smallest absolute Gasteiger partial charge is 0.248 e. The number of hydrogen-bond acceptors (Lipinski definition) is 4. The molecule has 1 fully saturated rings. The molecule has 136 valence electrons. The predicted octanol–water partition coefficient (Wildman–Crippen LogP) is 2.19. The number of nitrogens with one attached hydrogen (secondary N) is 1. The molecule has 4 rings (SSSR count). The molecule has 1 aromatic heterocycles. The summed E-state index contributed by atoms with van der Waals surface area (Å²) in [5.74, 6) is -0.904. The molecule has 1 amide bonds. The zero-order valence-electron chi connectivity index (χ0n) is 14.1. The van der Waals surface area contributed by atoms with E-state index in [0.29, 0.717) is 38.1 Å². The molecule has 0 radical (unpaired) electrons. The lowest BCUT2D eigenvalue weighted by Crippen LogP contribution is -2.37. The van der Waals surface area contributed by atoms with E-state index >= 15 is 0 Å². The summed E-state index contributed by atoms with van der Waals surface area (Å²) in [6.07, 6.45) is 1.32. The third-order valence-electron chi connectivity index (χ3n) is 5.32. The Morgan fingerprint density at radius 3 is 3.00 bits per heavy atom. The molecule has 1 aromatic carbocycles. The third kappa shape index (κ3) is 2.61. The second-order valence-corrected chi connectivity index (χ2v) is 7.21. The van der Waals surface area contributed by atoms with Gasteiger partial charge in [0.05, 0.1) is 22.5 Å². The number of fused-ring (bicyclic) bond motifs is 3. The average Bonchev–Trinajstić information content (AvgIpc) is 3.28. The number of H-pyrrole nitrogens is 1. The van der Waals surface area contributed by atoms with Crippen molar-refractivity contribution in [1.29, 1.82) is 5.26 Å². The summed E-state index contributed by atoms with van der Waals surface area (Å²) in [4.78, 5) is 18.7. The van der Waals surface area contributed by atoms with Gasteiger partial charge in [0.2, 0.25) is 5.91 Å². The zero-order chi connectivity index (χ0) is 18.4. The standard InChI is InChI=1S/C18H18ClFN4O2/c19-12-5-14(23-3-1-10(6-21)7-23)16-11-8-24(15(26)9-25)4-2-13(11)22-18(16)17(12)20/h5,10,22,25H,1-4,7-9H2. The fourth-order valence-corrected chi connectivity index (χ4v) is 4.16. The fraction of sp³-hybridized carbons (Fsp3) is 0.444. The number of hydrogen-bond donors (Lipinski definition) is 2. The van der Waals surface area contributed by atoms with Crippen LogP contribution in [0.4, 0.5) is 10.1 Å². The van der Waals surface area contributed by atoms with E-state index in [1.165, 1.54) is 0 Å². The minimum absolute atomic E-state index is 0.0368. The number of halogens is 2. The highest BCUT2D eigenvalue weighted by Crippen LogP contribution is 2.40. The molecule has 1 saturated heterocycles. The maximum Gasteiger partial charge on any atom is 0.248 e. The number of nitriles is 1. The summed E-state index contributed by atoms with van der Waals surface area (Å²) in [5.41, 5.74) is 2.88. The molecule has 3 heterocycles. The molecule has 8 heteroatoms. The Labute approximate surface area is 154 Å². The zero-order valence-corrected chi connectivity index (χ0v) is 14.8. The number of nitrogens with zero attached hydrogens (tertiary/aromatic N) is 3. The van der Waals surface area contributed by atoms with E-state index < -0.39 is 12.4 Å². The Morgan fingerprint density at radius 2 is 2.31 bits per heavy atom. The Hall–Kier alpha value is -2.30. The lowest BCUT2D eigenvalue weighted by molar-refractivity contribution is -0.135. The van der Waals surface area contributed by atoms with Gasteiger partial charge >= 0.3 is 0 Å². The second kappa shape index (κ2) is 6.45. The first-order valence-electron chi connectivity index (χ1n) is 8.58. The van der Waals surface area contributed by atoms with Gasteiger partial charge in [-0.2, -0.15) is 5.26 Å². The predicted molar refractivity (Wildman–Crippen MR) is 95.4 cm³/mol. The first-order valence-corrected chi connectivity index (χ1v) is 8.96. The van der Waals surface area contributed by atoms with Crippen LogP contribution >= 0.6 is 11.6 Å². The number of aromatic nitrogens is 1. The van der Waals surface area contributed by atoms with Gasteiger partial charge in [-0.05, 0) is 12.5 Å². The fourth-order valence-electron chi connectivity index (χ4n) is 3.96. The number of amides is 1. The first-order chi connectivity index (χ1) is 12.5. The Balaban J connectivity index is 1.85. The lowest BCUT2D eigenvalue weighted by Gasteiger charge is -2.27. The average molecular weight is 377 g/mol. The van der Waals surface area contributed by atoms with Crippen LogP contribution in [0.3, 0.4) is 0 Å². The molecule has 1 unspecified atom stereocenters. The summed E-state index contributed by atoms with van der Waals surface area (Å²) in [6.45, 7) is 1.53. The van der Waals surface area contributed by atoms with Gasteiger partial charge in [-0.15, -0.1) is 0 Å². The second-order valence-electron chi connectivity index (χ2n) is 6.81. The van der Waals surface area contributed by atoms with Crippen LogP contribution in [-0.2, 0) is 17.8 Å². The van der Waals surface area contributed by atoms with E-state index in [-0.39, 0.29) is 16.8 Å². The van der Waals surface area contributed by atoms with Crippen molar-refractivity contribution in [3.8, 4) is 6.07 Å². The van der Waals surface area contributed by atoms with Crippen molar-refractivity contribution in [2.75, 3.05) is 31.1 Å². The van der Waals surface area contributed by atoms with Gasteiger partial charge in [-0.1, -0.05) is 11.6 Å². The highest BCUT2D eigenvalue weighted by Gasteiger charge is 2.30. The van der Waals surface area contributed by atoms with Gasteiger partial charge in [-0.25, -0.2) is 4.39 Å². The third-order valence-corrected chi connectivity index (χ3v) is 5.60. The van der Waals surface area contributed by atoms with Gasteiger partial charge in [-0.3, -0.25) is 4.79 Å². The molecule has 26 heavy (non-hydrogen) atoms. The van der Waals surface area contributed by atoms with Crippen LogP contribution in [0.15, 0.2) is 6.07 Å². The number of carbonyl (C=O) groups is 1. The molecular weight excluding hydrogens is 359 g/mol. The number of carbonyl (C=O) groups excluding carboxylic acids is 1. The van der Waals surface area contributed by atoms with Crippen LogP contribution in [0.1, 0.15) is 17.7 Å². The van der Waals surface area contributed by atoms with Crippen LogP contribution in [0.25, 0.3) is 10.9 Å². The highest BCUT2D eigenvalue weighted by atomic mass is 35.5. The minimum atomic E-state index is -0.541.